The third-order valence-corrected chi connectivity index (χ3v) is 8.52. The number of halogens is 1. The van der Waals surface area contributed by atoms with E-state index in [0.717, 1.165) is 9.78 Å². The molecule has 0 unspecified atom stereocenters. The monoisotopic (exact) mass is 617 g/mol. The lowest BCUT2D eigenvalue weighted by Crippen LogP contribution is -2.31. The Morgan fingerprint density at radius 1 is 1.02 bits per heavy atom. The Labute approximate surface area is 255 Å². The molecule has 11 heteroatoms. The zero-order chi connectivity index (χ0) is 29.6. The van der Waals surface area contributed by atoms with E-state index in [0.29, 0.717) is 32.6 Å². The van der Waals surface area contributed by atoms with Crippen molar-refractivity contribution < 1.29 is 23.9 Å². The molecule has 0 saturated carbocycles. The molecule has 0 bridgehead atoms. The van der Waals surface area contributed by atoms with Crippen molar-refractivity contribution in [3.8, 4) is 5.75 Å². The molecule has 8 nitrogen and oxygen atoms in total. The number of hydrogen-bond donors (Lipinski definition) is 2. The van der Waals surface area contributed by atoms with E-state index in [4.69, 9.17) is 16.3 Å². The number of nitrogens with one attached hydrogen (secondary N) is 2. The third kappa shape index (κ3) is 6.73. The fourth-order valence-electron chi connectivity index (χ4n) is 4.23. The summed E-state index contributed by atoms with van der Waals surface area (Å²) < 4.78 is 5.16. The van der Waals surface area contributed by atoms with E-state index in [1.165, 1.54) is 36.3 Å². The summed E-state index contributed by atoms with van der Waals surface area (Å²) in [6.07, 6.45) is 1.63. The third-order valence-electron chi connectivity index (χ3n) is 6.23. The standard InChI is InChI=1S/C31H24ClN3O5S2/c1-40-26-13-12-21(16-24(26)32)35-28(36)18-27(31(35)39)42-23-10-5-9-20(15-23)33-30(38)25(17-22-11-6-14-41-22)34-29(37)19-7-3-2-4-8-19/h2-17,27H,18H2,1H3,(H,33,38)(H,34,37)/b25-17-/t27-/m0/s1. The first-order chi connectivity index (χ1) is 20.3. The zero-order valence-electron chi connectivity index (χ0n) is 22.2. The van der Waals surface area contributed by atoms with Gasteiger partial charge in [-0.3, -0.25) is 19.2 Å². The van der Waals surface area contributed by atoms with Crippen LogP contribution in [0, 0.1) is 0 Å². The summed E-state index contributed by atoms with van der Waals surface area (Å²) in [5.41, 5.74) is 1.34. The van der Waals surface area contributed by atoms with Crippen LogP contribution in [0.5, 0.6) is 5.75 Å². The minimum Gasteiger partial charge on any atom is -0.495 e. The summed E-state index contributed by atoms with van der Waals surface area (Å²) in [4.78, 5) is 54.7. The first-order valence-corrected chi connectivity index (χ1v) is 14.9. The van der Waals surface area contributed by atoms with Gasteiger partial charge in [0.2, 0.25) is 11.8 Å². The number of nitrogens with zero attached hydrogens (tertiary/aromatic N) is 1. The van der Waals surface area contributed by atoms with Crippen LogP contribution in [-0.4, -0.2) is 36.0 Å². The molecule has 212 valence electrons. The highest BCUT2D eigenvalue weighted by Gasteiger charge is 2.40. The molecule has 0 radical (unpaired) electrons. The van der Waals surface area contributed by atoms with Gasteiger partial charge in [-0.25, -0.2) is 4.90 Å². The number of hydrogen-bond acceptors (Lipinski definition) is 7. The van der Waals surface area contributed by atoms with E-state index in [2.05, 4.69) is 10.6 Å². The van der Waals surface area contributed by atoms with Crippen molar-refractivity contribution >= 4 is 75.8 Å². The summed E-state index contributed by atoms with van der Waals surface area (Å²) in [7, 11) is 1.48. The van der Waals surface area contributed by atoms with Gasteiger partial charge in [0.05, 0.1) is 23.1 Å². The van der Waals surface area contributed by atoms with E-state index in [1.807, 2.05) is 17.5 Å². The number of benzene rings is 3. The fraction of sp³-hybridized carbons (Fsp3) is 0.0968. The van der Waals surface area contributed by atoms with Gasteiger partial charge in [-0.2, -0.15) is 0 Å². The molecule has 1 fully saturated rings. The highest BCUT2D eigenvalue weighted by molar-refractivity contribution is 8.00. The van der Waals surface area contributed by atoms with Crippen molar-refractivity contribution in [1.29, 1.82) is 0 Å². The van der Waals surface area contributed by atoms with Crippen molar-refractivity contribution in [2.45, 2.75) is 16.6 Å². The maximum absolute atomic E-state index is 13.3. The first-order valence-electron chi connectivity index (χ1n) is 12.7. The quantitative estimate of drug-likeness (QED) is 0.170. The van der Waals surface area contributed by atoms with E-state index in [9.17, 15) is 19.2 Å². The lowest BCUT2D eigenvalue weighted by atomic mass is 10.2. The van der Waals surface area contributed by atoms with E-state index < -0.39 is 17.1 Å². The largest absolute Gasteiger partial charge is 0.495 e. The van der Waals surface area contributed by atoms with Gasteiger partial charge in [0, 0.05) is 27.4 Å². The van der Waals surface area contributed by atoms with E-state index >= 15 is 0 Å². The van der Waals surface area contributed by atoms with Crippen LogP contribution in [0.1, 0.15) is 21.7 Å². The molecule has 2 N–H and O–H groups in total. The molecule has 42 heavy (non-hydrogen) atoms. The van der Waals surface area contributed by atoms with Gasteiger partial charge in [0.25, 0.3) is 11.8 Å². The summed E-state index contributed by atoms with van der Waals surface area (Å²) in [6, 6.07) is 24.0. The topological polar surface area (TPSA) is 105 Å². The van der Waals surface area contributed by atoms with Gasteiger partial charge in [-0.1, -0.05) is 41.9 Å². The van der Waals surface area contributed by atoms with Crippen LogP contribution in [0.15, 0.2) is 101 Å². The minimum absolute atomic E-state index is 0.0168. The van der Waals surface area contributed by atoms with E-state index in [-0.39, 0.29) is 23.9 Å². The van der Waals surface area contributed by atoms with Crippen molar-refractivity contribution in [2.24, 2.45) is 0 Å². The fourth-order valence-corrected chi connectivity index (χ4v) is 6.25. The smallest absolute Gasteiger partial charge is 0.272 e. The van der Waals surface area contributed by atoms with Gasteiger partial charge in [-0.15, -0.1) is 23.1 Å². The number of carbonyl (C=O) groups excluding carboxylic acids is 4. The molecule has 1 aliphatic rings. The number of imide groups is 1. The highest BCUT2D eigenvalue weighted by atomic mass is 35.5. The van der Waals surface area contributed by atoms with Gasteiger partial charge in [-0.05, 0) is 66.1 Å². The lowest BCUT2D eigenvalue weighted by Gasteiger charge is -2.16. The molecule has 1 atom stereocenters. The number of ether oxygens (including phenoxy) is 1. The second kappa shape index (κ2) is 13.1. The number of anilines is 2. The Balaban J connectivity index is 1.30. The molecule has 0 aliphatic carbocycles. The Bertz CT molecular complexity index is 1680. The molecule has 4 aromatic rings. The molecule has 1 aliphatic heterocycles. The van der Waals surface area contributed by atoms with Gasteiger partial charge < -0.3 is 15.4 Å². The van der Waals surface area contributed by atoms with Crippen LogP contribution in [0.3, 0.4) is 0 Å². The Hall–Kier alpha value is -4.38. The molecular weight excluding hydrogens is 594 g/mol. The highest BCUT2D eigenvalue weighted by Crippen LogP contribution is 2.37. The second-order valence-corrected chi connectivity index (χ2v) is 11.7. The van der Waals surface area contributed by atoms with Crippen LogP contribution in [0.4, 0.5) is 11.4 Å². The first kappa shape index (κ1) is 29.1. The predicted molar refractivity (Wildman–Crippen MR) is 166 cm³/mol. The van der Waals surface area contributed by atoms with Gasteiger partial charge in [0.1, 0.15) is 11.4 Å². The Morgan fingerprint density at radius 2 is 1.83 bits per heavy atom. The van der Waals surface area contributed by atoms with Crippen molar-refractivity contribution in [1.82, 2.24) is 5.32 Å². The lowest BCUT2D eigenvalue weighted by molar-refractivity contribution is -0.121. The van der Waals surface area contributed by atoms with Crippen LogP contribution >= 0.6 is 34.7 Å². The van der Waals surface area contributed by atoms with Crippen LogP contribution in [0.2, 0.25) is 5.02 Å². The predicted octanol–water partition coefficient (Wildman–Crippen LogP) is 6.24. The van der Waals surface area contributed by atoms with Crippen LogP contribution in [-0.2, 0) is 14.4 Å². The number of carbonyl (C=O) groups is 4. The molecule has 1 saturated heterocycles. The molecule has 0 spiro atoms. The molecule has 1 aromatic heterocycles. The maximum atomic E-state index is 13.3. The van der Waals surface area contributed by atoms with Crippen LogP contribution in [0.25, 0.3) is 6.08 Å². The number of amides is 4. The molecule has 5 rings (SSSR count). The molecular formula is C31H24ClN3O5S2. The average molecular weight is 618 g/mol. The Kier molecular flexibility index (Phi) is 9.06. The summed E-state index contributed by atoms with van der Waals surface area (Å²) >= 11 is 8.87. The van der Waals surface area contributed by atoms with Gasteiger partial charge >= 0.3 is 0 Å². The van der Waals surface area contributed by atoms with Crippen LogP contribution < -0.4 is 20.3 Å². The second-order valence-electron chi connectivity index (χ2n) is 9.07. The zero-order valence-corrected chi connectivity index (χ0v) is 24.6. The minimum atomic E-state index is -0.649. The maximum Gasteiger partial charge on any atom is 0.272 e. The summed E-state index contributed by atoms with van der Waals surface area (Å²) in [5.74, 6) is -1.17. The van der Waals surface area contributed by atoms with E-state index in [1.54, 1.807) is 72.8 Å². The Morgan fingerprint density at radius 3 is 2.55 bits per heavy atom. The summed E-state index contributed by atoms with van der Waals surface area (Å²) in [5, 5.41) is 7.06. The van der Waals surface area contributed by atoms with Gasteiger partial charge in [0.15, 0.2) is 0 Å². The average Bonchev–Trinajstić information content (AvgIpc) is 3.60. The molecule has 3 aromatic carbocycles. The number of rotatable bonds is 9. The number of thiophene rings is 1. The normalized spacial score (nSPS) is 15.0. The summed E-state index contributed by atoms with van der Waals surface area (Å²) in [6.45, 7) is 0. The molecule has 2 heterocycles. The molecule has 4 amide bonds. The van der Waals surface area contributed by atoms with Crippen molar-refractivity contribution in [3.63, 3.8) is 0 Å². The SMILES string of the molecule is COc1ccc(N2C(=O)C[C@H](Sc3cccc(NC(=O)/C(=C/c4cccs4)NC(=O)c4ccccc4)c3)C2=O)cc1Cl. The van der Waals surface area contributed by atoms with Crippen molar-refractivity contribution in [3.05, 3.63) is 111 Å². The van der Waals surface area contributed by atoms with Crippen molar-refractivity contribution in [2.75, 3.05) is 17.3 Å². The number of thioether (sulfide) groups is 1. The number of methoxy groups -OCH3 is 1.